The van der Waals surface area contributed by atoms with Crippen molar-refractivity contribution in [3.63, 3.8) is 0 Å². The number of Topliss-reactive ketones (excluding diaryl/α,β-unsaturated/α-hetero) is 1. The Morgan fingerprint density at radius 2 is 1.86 bits per heavy atom. The number of benzene rings is 2. The summed E-state index contributed by atoms with van der Waals surface area (Å²) in [4.78, 5) is 29.9. The Kier molecular flexibility index (Phi) is 6.52. The lowest BCUT2D eigenvalue weighted by Gasteiger charge is -2.20. The van der Waals surface area contributed by atoms with E-state index in [1.54, 1.807) is 66.9 Å². The van der Waals surface area contributed by atoms with Gasteiger partial charge in [-0.15, -0.1) is 0 Å². The van der Waals surface area contributed by atoms with Crippen LogP contribution in [0.1, 0.15) is 20.8 Å². The van der Waals surface area contributed by atoms with Crippen molar-refractivity contribution in [2.24, 2.45) is 0 Å². The Hall–Kier alpha value is -3.32. The largest absolute Gasteiger partial charge is 0.497 e. The number of nitrogens with zero attached hydrogens (tertiary/aromatic N) is 1. The van der Waals surface area contributed by atoms with Crippen LogP contribution in [0.2, 0.25) is 5.02 Å². The molecule has 3 rings (SSSR count). The molecule has 0 saturated heterocycles. The molecule has 0 spiro atoms. The molecule has 1 aromatic heterocycles. The summed E-state index contributed by atoms with van der Waals surface area (Å²) in [6.45, 7) is 0. The van der Waals surface area contributed by atoms with E-state index in [0.717, 1.165) is 5.46 Å². The van der Waals surface area contributed by atoms with Crippen LogP contribution in [0.15, 0.2) is 66.9 Å². The summed E-state index contributed by atoms with van der Waals surface area (Å²) in [7, 11) is 3.41. The molecule has 0 aliphatic rings. The summed E-state index contributed by atoms with van der Waals surface area (Å²) in [6.07, 6.45) is 0.583. The number of hydrogen-bond acceptors (Lipinski definition) is 5. The first-order chi connectivity index (χ1) is 14.0. The highest BCUT2D eigenvalue weighted by Gasteiger charge is 2.23. The molecule has 8 heteroatoms. The molecular formula is C21H19BClN3O3. The molecule has 2 aromatic carbocycles. The molecular weight excluding hydrogens is 389 g/mol. The Balaban J connectivity index is 1.87. The number of carbonyl (C=O) groups is 2. The first-order valence-corrected chi connectivity index (χ1v) is 9.28. The van der Waals surface area contributed by atoms with E-state index in [4.69, 9.17) is 16.3 Å². The summed E-state index contributed by atoms with van der Waals surface area (Å²) in [5.74, 6) is -0.236. The van der Waals surface area contributed by atoms with E-state index in [9.17, 15) is 9.59 Å². The third-order valence-electron chi connectivity index (χ3n) is 4.19. The molecule has 1 amide bonds. The third kappa shape index (κ3) is 5.36. The van der Waals surface area contributed by atoms with Crippen LogP contribution in [0, 0.1) is 0 Å². The van der Waals surface area contributed by atoms with Crippen molar-refractivity contribution in [2.75, 3.05) is 12.4 Å². The SMILES string of the molecule is Bc1ccc(C(=O)NC(Nc2ccc(Cl)cc2)C(=O)c2cccc(OC)c2)nc1. The van der Waals surface area contributed by atoms with Crippen LogP contribution < -0.4 is 20.8 Å². The fraction of sp³-hybridized carbons (Fsp3) is 0.0952. The molecule has 146 valence electrons. The van der Waals surface area contributed by atoms with Gasteiger partial charge in [-0.3, -0.25) is 14.6 Å². The molecule has 0 saturated carbocycles. The van der Waals surface area contributed by atoms with Crippen LogP contribution in [0.4, 0.5) is 5.69 Å². The van der Waals surface area contributed by atoms with Gasteiger partial charge in [0.15, 0.2) is 6.17 Å². The molecule has 0 aliphatic heterocycles. The number of carbonyl (C=O) groups excluding carboxylic acids is 2. The van der Waals surface area contributed by atoms with Gasteiger partial charge in [-0.1, -0.05) is 35.3 Å². The van der Waals surface area contributed by atoms with E-state index in [1.807, 2.05) is 7.85 Å². The molecule has 3 aromatic rings. The fourth-order valence-corrected chi connectivity index (χ4v) is 2.76. The van der Waals surface area contributed by atoms with Crippen LogP contribution in [0.5, 0.6) is 5.75 Å². The van der Waals surface area contributed by atoms with Crippen molar-refractivity contribution in [2.45, 2.75) is 6.17 Å². The standard InChI is InChI=1S/C21H19BClN3O3/c1-29-17-4-2-3-13(11-17)19(27)20(25-16-8-6-15(23)7-9-16)26-21(28)18-10-5-14(22)12-24-18/h2-12,20,25H,22H2,1H3,(H,26,28). The minimum atomic E-state index is -1.01. The van der Waals surface area contributed by atoms with Crippen LogP contribution in [0.3, 0.4) is 0 Å². The van der Waals surface area contributed by atoms with Gasteiger partial charge in [0, 0.05) is 22.5 Å². The predicted molar refractivity (Wildman–Crippen MR) is 116 cm³/mol. The van der Waals surface area contributed by atoms with E-state index < -0.39 is 12.1 Å². The van der Waals surface area contributed by atoms with Gasteiger partial charge in [-0.2, -0.15) is 0 Å². The average molecular weight is 408 g/mol. The first-order valence-electron chi connectivity index (χ1n) is 8.90. The minimum absolute atomic E-state index is 0.219. The summed E-state index contributed by atoms with van der Waals surface area (Å²) in [6, 6.07) is 17.0. The number of aromatic nitrogens is 1. The molecule has 6 nitrogen and oxygen atoms in total. The van der Waals surface area contributed by atoms with Crippen molar-refractivity contribution < 1.29 is 14.3 Å². The monoisotopic (exact) mass is 407 g/mol. The maximum absolute atomic E-state index is 13.1. The Labute approximate surface area is 174 Å². The highest BCUT2D eigenvalue weighted by Crippen LogP contribution is 2.17. The highest BCUT2D eigenvalue weighted by molar-refractivity contribution is 6.32. The van der Waals surface area contributed by atoms with Crippen molar-refractivity contribution in [1.29, 1.82) is 0 Å². The first kappa shape index (κ1) is 20.4. The van der Waals surface area contributed by atoms with Crippen LogP contribution in [-0.4, -0.2) is 37.8 Å². The zero-order chi connectivity index (χ0) is 20.8. The lowest BCUT2D eigenvalue weighted by Crippen LogP contribution is -2.46. The van der Waals surface area contributed by atoms with E-state index >= 15 is 0 Å². The number of hydrogen-bond donors (Lipinski definition) is 2. The predicted octanol–water partition coefficient (Wildman–Crippen LogP) is 2.05. The number of methoxy groups -OCH3 is 1. The highest BCUT2D eigenvalue weighted by atomic mass is 35.5. The van der Waals surface area contributed by atoms with E-state index in [0.29, 0.717) is 22.0 Å². The Morgan fingerprint density at radius 3 is 2.52 bits per heavy atom. The normalized spacial score (nSPS) is 11.4. The number of amides is 1. The molecule has 29 heavy (non-hydrogen) atoms. The fourth-order valence-electron chi connectivity index (χ4n) is 2.63. The van der Waals surface area contributed by atoms with Crippen LogP contribution >= 0.6 is 11.6 Å². The molecule has 2 N–H and O–H groups in total. The van der Waals surface area contributed by atoms with Crippen LogP contribution in [-0.2, 0) is 0 Å². The Morgan fingerprint density at radius 1 is 1.10 bits per heavy atom. The molecule has 0 fully saturated rings. The minimum Gasteiger partial charge on any atom is -0.497 e. The molecule has 1 atom stereocenters. The van der Waals surface area contributed by atoms with Crippen molar-refractivity contribution in [1.82, 2.24) is 10.3 Å². The summed E-state index contributed by atoms with van der Waals surface area (Å²) >= 11 is 5.93. The zero-order valence-electron chi connectivity index (χ0n) is 16.0. The van der Waals surface area contributed by atoms with Crippen molar-refractivity contribution in [3.8, 4) is 5.75 Å². The quantitative estimate of drug-likeness (QED) is 0.356. The van der Waals surface area contributed by atoms with Gasteiger partial charge < -0.3 is 15.4 Å². The van der Waals surface area contributed by atoms with Gasteiger partial charge in [0.25, 0.3) is 5.91 Å². The van der Waals surface area contributed by atoms with Gasteiger partial charge in [-0.05, 0) is 42.5 Å². The number of nitrogens with one attached hydrogen (secondary N) is 2. The van der Waals surface area contributed by atoms with E-state index in [2.05, 4.69) is 15.6 Å². The average Bonchev–Trinajstić information content (AvgIpc) is 2.74. The van der Waals surface area contributed by atoms with Gasteiger partial charge >= 0.3 is 0 Å². The van der Waals surface area contributed by atoms with E-state index in [-0.39, 0.29) is 11.5 Å². The second kappa shape index (κ2) is 9.25. The number of ketones is 1. The molecule has 1 unspecified atom stereocenters. The number of rotatable bonds is 7. The topological polar surface area (TPSA) is 80.3 Å². The summed E-state index contributed by atoms with van der Waals surface area (Å²) in [5, 5.41) is 6.33. The number of ether oxygens (including phenoxy) is 1. The van der Waals surface area contributed by atoms with Gasteiger partial charge in [0.05, 0.1) is 7.11 Å². The summed E-state index contributed by atoms with van der Waals surface area (Å²) in [5.41, 5.74) is 2.18. The maximum atomic E-state index is 13.1. The lowest BCUT2D eigenvalue weighted by atomic mass is 9.99. The van der Waals surface area contributed by atoms with Gasteiger partial charge in [-0.25, -0.2) is 0 Å². The smallest absolute Gasteiger partial charge is 0.271 e. The summed E-state index contributed by atoms with van der Waals surface area (Å²) < 4.78 is 5.19. The second-order valence-electron chi connectivity index (χ2n) is 6.37. The zero-order valence-corrected chi connectivity index (χ0v) is 16.7. The van der Waals surface area contributed by atoms with Gasteiger partial charge in [0.2, 0.25) is 5.78 Å². The lowest BCUT2D eigenvalue weighted by molar-refractivity contribution is 0.0866. The van der Waals surface area contributed by atoms with Crippen molar-refractivity contribution in [3.05, 3.63) is 83.1 Å². The number of halogens is 1. The Bertz CT molecular complexity index is 1010. The maximum Gasteiger partial charge on any atom is 0.271 e. The number of anilines is 1. The van der Waals surface area contributed by atoms with Crippen LogP contribution in [0.25, 0.3) is 0 Å². The van der Waals surface area contributed by atoms with E-state index in [1.165, 1.54) is 7.11 Å². The molecule has 0 aliphatic carbocycles. The van der Waals surface area contributed by atoms with Gasteiger partial charge in [0.1, 0.15) is 19.3 Å². The number of pyridine rings is 1. The second-order valence-corrected chi connectivity index (χ2v) is 6.81. The molecule has 0 radical (unpaired) electrons. The molecule has 1 heterocycles. The molecule has 0 bridgehead atoms. The third-order valence-corrected chi connectivity index (χ3v) is 4.44. The van der Waals surface area contributed by atoms with Crippen molar-refractivity contribution >= 4 is 42.3 Å².